The van der Waals surface area contributed by atoms with E-state index in [9.17, 15) is 8.42 Å². The van der Waals surface area contributed by atoms with Crippen LogP contribution in [-0.2, 0) is 14.8 Å². The van der Waals surface area contributed by atoms with Crippen LogP contribution < -0.4 is 5.32 Å². The predicted molar refractivity (Wildman–Crippen MR) is 66.4 cm³/mol. The molecule has 0 amide bonds. The summed E-state index contributed by atoms with van der Waals surface area (Å²) in [6.45, 7) is 3.17. The Morgan fingerprint density at radius 1 is 1.41 bits per heavy atom. The van der Waals surface area contributed by atoms with Crippen LogP contribution in [0.3, 0.4) is 0 Å². The van der Waals surface area contributed by atoms with E-state index in [0.29, 0.717) is 13.2 Å². The topological polar surface area (TPSA) is 58.6 Å². The largest absolute Gasteiger partial charge is 0.383 e. The van der Waals surface area contributed by atoms with Crippen molar-refractivity contribution in [2.45, 2.75) is 25.3 Å². The van der Waals surface area contributed by atoms with E-state index >= 15 is 0 Å². The Kier molecular flexibility index (Phi) is 3.77. The number of methoxy groups -OCH3 is 1. The third-order valence-electron chi connectivity index (χ3n) is 4.02. The number of sulfonamides is 1. The van der Waals surface area contributed by atoms with Crippen molar-refractivity contribution in [1.29, 1.82) is 0 Å². The molecule has 2 heterocycles. The highest BCUT2D eigenvalue weighted by atomic mass is 32.2. The molecule has 0 aliphatic carbocycles. The molecule has 6 heteroatoms. The summed E-state index contributed by atoms with van der Waals surface area (Å²) in [4.78, 5) is 0. The summed E-state index contributed by atoms with van der Waals surface area (Å²) in [5, 5.41) is 3.34. The van der Waals surface area contributed by atoms with Crippen LogP contribution in [-0.4, -0.2) is 58.4 Å². The first kappa shape index (κ1) is 13.3. The fraction of sp³-hybridized carbons (Fsp3) is 1.00. The summed E-state index contributed by atoms with van der Waals surface area (Å²) in [5.41, 5.74) is 0.178. The lowest BCUT2D eigenvalue weighted by molar-refractivity contribution is 0.146. The van der Waals surface area contributed by atoms with Crippen molar-refractivity contribution >= 4 is 10.0 Å². The molecular weight excluding hydrogens is 240 g/mol. The van der Waals surface area contributed by atoms with Crippen molar-refractivity contribution in [1.82, 2.24) is 9.62 Å². The molecule has 1 spiro atoms. The van der Waals surface area contributed by atoms with E-state index in [1.54, 1.807) is 11.4 Å². The van der Waals surface area contributed by atoms with Crippen LogP contribution in [0.15, 0.2) is 0 Å². The maximum atomic E-state index is 11.8. The van der Waals surface area contributed by atoms with Gasteiger partial charge in [-0.3, -0.25) is 0 Å². The van der Waals surface area contributed by atoms with Gasteiger partial charge < -0.3 is 10.1 Å². The molecule has 0 aromatic rings. The lowest BCUT2D eigenvalue weighted by atomic mass is 9.77. The molecular formula is C11H22N2O3S. The van der Waals surface area contributed by atoms with Gasteiger partial charge in [0.25, 0.3) is 0 Å². The van der Waals surface area contributed by atoms with Crippen LogP contribution in [0, 0.1) is 5.41 Å². The third kappa shape index (κ3) is 2.81. The number of hydrogen-bond acceptors (Lipinski definition) is 4. The minimum absolute atomic E-state index is 0.0214. The molecule has 2 saturated heterocycles. The van der Waals surface area contributed by atoms with Gasteiger partial charge >= 0.3 is 0 Å². The molecule has 17 heavy (non-hydrogen) atoms. The summed E-state index contributed by atoms with van der Waals surface area (Å²) in [7, 11) is -1.48. The normalized spacial score (nSPS) is 29.9. The summed E-state index contributed by atoms with van der Waals surface area (Å²) >= 11 is 0. The Bertz CT molecular complexity index is 363. The number of ether oxygens (including phenoxy) is 1. The van der Waals surface area contributed by atoms with Gasteiger partial charge in [-0.25, -0.2) is 8.42 Å². The van der Waals surface area contributed by atoms with Crippen molar-refractivity contribution < 1.29 is 13.2 Å². The lowest BCUT2D eigenvalue weighted by Crippen LogP contribution is -2.40. The SMILES string of the molecule is COCC1CC2(CCNCC2)CN1S(C)(=O)=O. The summed E-state index contributed by atoms with van der Waals surface area (Å²) in [6, 6.07) is 0.0214. The van der Waals surface area contributed by atoms with Gasteiger partial charge in [0.2, 0.25) is 10.0 Å². The van der Waals surface area contributed by atoms with Gasteiger partial charge in [0.15, 0.2) is 0 Å². The van der Waals surface area contributed by atoms with Crippen molar-refractivity contribution in [3.8, 4) is 0 Å². The smallest absolute Gasteiger partial charge is 0.211 e. The van der Waals surface area contributed by atoms with Crippen LogP contribution in [0.1, 0.15) is 19.3 Å². The fourth-order valence-electron chi connectivity index (χ4n) is 3.17. The Labute approximate surface area is 104 Å². The molecule has 5 nitrogen and oxygen atoms in total. The van der Waals surface area contributed by atoms with Crippen LogP contribution in [0.4, 0.5) is 0 Å². The summed E-state index contributed by atoms with van der Waals surface area (Å²) < 4.78 is 30.4. The van der Waals surface area contributed by atoms with Gasteiger partial charge in [0, 0.05) is 19.7 Å². The molecule has 0 aromatic heterocycles. The van der Waals surface area contributed by atoms with Crippen molar-refractivity contribution in [3.05, 3.63) is 0 Å². The standard InChI is InChI=1S/C11H22N2O3S/c1-16-8-10-7-11(3-5-12-6-4-11)9-13(10)17(2,14)15/h10,12H,3-9H2,1-2H3. The highest BCUT2D eigenvalue weighted by Gasteiger charge is 2.47. The highest BCUT2D eigenvalue weighted by molar-refractivity contribution is 7.88. The monoisotopic (exact) mass is 262 g/mol. The Balaban J connectivity index is 2.16. The van der Waals surface area contributed by atoms with Crippen LogP contribution >= 0.6 is 0 Å². The van der Waals surface area contributed by atoms with Gasteiger partial charge in [-0.1, -0.05) is 0 Å². The maximum absolute atomic E-state index is 11.8. The number of nitrogens with one attached hydrogen (secondary N) is 1. The number of piperidine rings is 1. The second-order valence-electron chi connectivity index (χ2n) is 5.37. The second kappa shape index (κ2) is 4.84. The first-order chi connectivity index (χ1) is 7.97. The molecule has 2 rings (SSSR count). The molecule has 2 aliphatic heterocycles. The number of hydrogen-bond donors (Lipinski definition) is 1. The van der Waals surface area contributed by atoms with Crippen molar-refractivity contribution in [2.75, 3.05) is 39.6 Å². The van der Waals surface area contributed by atoms with Crippen molar-refractivity contribution in [2.24, 2.45) is 5.41 Å². The molecule has 0 aromatic carbocycles. The zero-order valence-electron chi connectivity index (χ0n) is 10.6. The summed E-state index contributed by atoms with van der Waals surface area (Å²) in [5.74, 6) is 0. The Morgan fingerprint density at radius 3 is 2.59 bits per heavy atom. The number of nitrogens with zero attached hydrogens (tertiary/aromatic N) is 1. The molecule has 1 atom stereocenters. The molecule has 0 bridgehead atoms. The minimum atomic E-state index is -3.12. The maximum Gasteiger partial charge on any atom is 0.211 e. The summed E-state index contributed by atoms with van der Waals surface area (Å²) in [6.07, 6.45) is 4.38. The van der Waals surface area contributed by atoms with E-state index in [0.717, 1.165) is 32.4 Å². The molecule has 1 N–H and O–H groups in total. The van der Waals surface area contributed by atoms with E-state index in [2.05, 4.69) is 5.32 Å². The second-order valence-corrected chi connectivity index (χ2v) is 7.31. The van der Waals surface area contributed by atoms with Gasteiger partial charge in [-0.05, 0) is 37.8 Å². The molecule has 1 unspecified atom stereocenters. The zero-order valence-corrected chi connectivity index (χ0v) is 11.4. The first-order valence-corrected chi connectivity index (χ1v) is 7.98. The minimum Gasteiger partial charge on any atom is -0.383 e. The van der Waals surface area contributed by atoms with Gasteiger partial charge in [0.1, 0.15) is 0 Å². The van der Waals surface area contributed by atoms with E-state index in [-0.39, 0.29) is 11.5 Å². The van der Waals surface area contributed by atoms with Crippen LogP contribution in [0.25, 0.3) is 0 Å². The zero-order chi connectivity index (χ0) is 12.5. The fourth-order valence-corrected chi connectivity index (χ4v) is 4.35. The highest BCUT2D eigenvalue weighted by Crippen LogP contribution is 2.42. The predicted octanol–water partition coefficient (Wildman–Crippen LogP) is 0.0365. The van der Waals surface area contributed by atoms with E-state index in [1.807, 2.05) is 0 Å². The molecule has 0 saturated carbocycles. The van der Waals surface area contributed by atoms with Crippen LogP contribution in [0.5, 0.6) is 0 Å². The van der Waals surface area contributed by atoms with E-state index < -0.39 is 10.0 Å². The quantitative estimate of drug-likeness (QED) is 0.780. The first-order valence-electron chi connectivity index (χ1n) is 6.13. The van der Waals surface area contributed by atoms with Gasteiger partial charge in [-0.15, -0.1) is 0 Å². The van der Waals surface area contributed by atoms with Crippen molar-refractivity contribution in [3.63, 3.8) is 0 Å². The lowest BCUT2D eigenvalue weighted by Gasteiger charge is -2.33. The molecule has 2 aliphatic rings. The molecule has 2 fully saturated rings. The average molecular weight is 262 g/mol. The third-order valence-corrected chi connectivity index (χ3v) is 5.30. The molecule has 0 radical (unpaired) electrons. The Hall–Kier alpha value is -0.170. The van der Waals surface area contributed by atoms with Gasteiger partial charge in [-0.2, -0.15) is 4.31 Å². The molecule has 100 valence electrons. The number of rotatable bonds is 3. The van der Waals surface area contributed by atoms with Gasteiger partial charge in [0.05, 0.1) is 12.9 Å². The van der Waals surface area contributed by atoms with E-state index in [4.69, 9.17) is 4.74 Å². The van der Waals surface area contributed by atoms with E-state index in [1.165, 1.54) is 6.26 Å². The van der Waals surface area contributed by atoms with Crippen LogP contribution in [0.2, 0.25) is 0 Å². The Morgan fingerprint density at radius 2 is 2.06 bits per heavy atom. The average Bonchev–Trinajstić information content (AvgIpc) is 2.58.